The minimum absolute atomic E-state index is 0.228. The SMILES string of the molecule is C/C=C\C(=O)N(C=O)CCCCC. The van der Waals surface area contributed by atoms with Crippen LogP contribution in [0.2, 0.25) is 0 Å². The fourth-order valence-corrected chi connectivity index (χ4v) is 0.985. The number of unbranched alkanes of at least 4 members (excludes halogenated alkanes) is 2. The third kappa shape index (κ3) is 5.17. The Hall–Kier alpha value is -1.12. The van der Waals surface area contributed by atoms with Crippen molar-refractivity contribution < 1.29 is 9.59 Å². The lowest BCUT2D eigenvalue weighted by atomic mass is 10.2. The predicted molar refractivity (Wildman–Crippen MR) is 52.1 cm³/mol. The van der Waals surface area contributed by atoms with Crippen LogP contribution < -0.4 is 0 Å². The summed E-state index contributed by atoms with van der Waals surface area (Å²) in [5.74, 6) is -0.228. The van der Waals surface area contributed by atoms with E-state index in [1.807, 2.05) is 0 Å². The van der Waals surface area contributed by atoms with E-state index in [1.165, 1.54) is 11.0 Å². The molecule has 2 amide bonds. The van der Waals surface area contributed by atoms with Gasteiger partial charge in [-0.3, -0.25) is 14.5 Å². The molecule has 13 heavy (non-hydrogen) atoms. The van der Waals surface area contributed by atoms with Crippen molar-refractivity contribution in [3.05, 3.63) is 12.2 Å². The fourth-order valence-electron chi connectivity index (χ4n) is 0.985. The molecule has 0 aliphatic rings. The van der Waals surface area contributed by atoms with Gasteiger partial charge in [-0.25, -0.2) is 0 Å². The maximum atomic E-state index is 11.2. The maximum Gasteiger partial charge on any atom is 0.252 e. The van der Waals surface area contributed by atoms with Crippen molar-refractivity contribution in [3.8, 4) is 0 Å². The number of rotatable bonds is 6. The molecular weight excluding hydrogens is 166 g/mol. The summed E-state index contributed by atoms with van der Waals surface area (Å²) in [5, 5.41) is 0. The van der Waals surface area contributed by atoms with Gasteiger partial charge in [0.05, 0.1) is 0 Å². The van der Waals surface area contributed by atoms with Crippen molar-refractivity contribution in [1.82, 2.24) is 4.90 Å². The zero-order valence-electron chi connectivity index (χ0n) is 8.32. The average Bonchev–Trinajstić information content (AvgIpc) is 2.13. The molecule has 3 heteroatoms. The monoisotopic (exact) mass is 183 g/mol. The summed E-state index contributed by atoms with van der Waals surface area (Å²) < 4.78 is 0. The number of hydrogen-bond donors (Lipinski definition) is 0. The van der Waals surface area contributed by atoms with Gasteiger partial charge in [-0.1, -0.05) is 25.8 Å². The first-order chi connectivity index (χ1) is 6.26. The van der Waals surface area contributed by atoms with Crippen LogP contribution in [-0.2, 0) is 9.59 Å². The van der Waals surface area contributed by atoms with Gasteiger partial charge in [0.15, 0.2) is 0 Å². The standard InChI is InChI=1S/C10H17NO2/c1-3-5-6-8-11(9-12)10(13)7-4-2/h4,7,9H,3,5-6,8H2,1-2H3/b7-4-. The molecule has 0 aromatic rings. The molecule has 0 rings (SSSR count). The van der Waals surface area contributed by atoms with Gasteiger partial charge in [-0.2, -0.15) is 0 Å². The van der Waals surface area contributed by atoms with E-state index < -0.39 is 0 Å². The molecule has 0 aliphatic heterocycles. The third-order valence-electron chi connectivity index (χ3n) is 1.72. The van der Waals surface area contributed by atoms with Crippen LogP contribution in [0.1, 0.15) is 33.1 Å². The summed E-state index contributed by atoms with van der Waals surface area (Å²) in [7, 11) is 0. The minimum Gasteiger partial charge on any atom is -0.282 e. The quantitative estimate of drug-likeness (QED) is 0.357. The fraction of sp³-hybridized carbons (Fsp3) is 0.600. The second-order valence-corrected chi connectivity index (χ2v) is 2.84. The summed E-state index contributed by atoms with van der Waals surface area (Å²) in [4.78, 5) is 22.9. The number of allylic oxidation sites excluding steroid dienone is 1. The highest BCUT2D eigenvalue weighted by molar-refractivity contribution is 5.94. The summed E-state index contributed by atoms with van der Waals surface area (Å²) in [6.45, 7) is 4.37. The molecular formula is C10H17NO2. The van der Waals surface area contributed by atoms with Gasteiger partial charge in [-0.05, 0) is 19.4 Å². The molecule has 74 valence electrons. The number of imide groups is 1. The predicted octanol–water partition coefficient (Wildman–Crippen LogP) is 1.74. The van der Waals surface area contributed by atoms with Gasteiger partial charge in [0.25, 0.3) is 5.91 Å². The molecule has 0 unspecified atom stereocenters. The molecule has 0 aliphatic carbocycles. The van der Waals surface area contributed by atoms with Crippen molar-refractivity contribution in [3.63, 3.8) is 0 Å². The van der Waals surface area contributed by atoms with Crippen molar-refractivity contribution in [2.45, 2.75) is 33.1 Å². The number of hydrogen-bond acceptors (Lipinski definition) is 2. The van der Waals surface area contributed by atoms with Gasteiger partial charge in [0.1, 0.15) is 0 Å². The topological polar surface area (TPSA) is 37.4 Å². The van der Waals surface area contributed by atoms with E-state index >= 15 is 0 Å². The second kappa shape index (κ2) is 7.53. The summed E-state index contributed by atoms with van der Waals surface area (Å²) in [5.41, 5.74) is 0. The molecule has 0 spiro atoms. The molecule has 0 atom stereocenters. The molecule has 0 fully saturated rings. The lowest BCUT2D eigenvalue weighted by molar-refractivity contribution is -0.134. The number of nitrogens with zero attached hydrogens (tertiary/aromatic N) is 1. The molecule has 0 aromatic heterocycles. The summed E-state index contributed by atoms with van der Waals surface area (Å²) >= 11 is 0. The van der Waals surface area contributed by atoms with Crippen molar-refractivity contribution in [2.75, 3.05) is 6.54 Å². The van der Waals surface area contributed by atoms with E-state index in [0.29, 0.717) is 13.0 Å². The number of carbonyl (C=O) groups excluding carboxylic acids is 2. The molecule has 0 saturated carbocycles. The van der Waals surface area contributed by atoms with Gasteiger partial charge in [0.2, 0.25) is 6.41 Å². The number of amides is 2. The largest absolute Gasteiger partial charge is 0.282 e. The second-order valence-electron chi connectivity index (χ2n) is 2.84. The Morgan fingerprint density at radius 1 is 1.38 bits per heavy atom. The zero-order chi connectivity index (χ0) is 10.1. The van der Waals surface area contributed by atoms with E-state index in [4.69, 9.17) is 0 Å². The third-order valence-corrected chi connectivity index (χ3v) is 1.72. The van der Waals surface area contributed by atoms with Crippen LogP contribution in [0.5, 0.6) is 0 Å². The molecule has 0 N–H and O–H groups in total. The van der Waals surface area contributed by atoms with Crippen LogP contribution in [0, 0.1) is 0 Å². The van der Waals surface area contributed by atoms with Crippen molar-refractivity contribution in [2.24, 2.45) is 0 Å². The normalized spacial score (nSPS) is 10.3. The van der Waals surface area contributed by atoms with E-state index in [9.17, 15) is 9.59 Å². The van der Waals surface area contributed by atoms with Crippen molar-refractivity contribution >= 4 is 12.3 Å². The molecule has 0 radical (unpaired) electrons. The molecule has 3 nitrogen and oxygen atoms in total. The van der Waals surface area contributed by atoms with E-state index in [0.717, 1.165) is 19.3 Å². The van der Waals surface area contributed by atoms with Crippen LogP contribution in [0.3, 0.4) is 0 Å². The van der Waals surface area contributed by atoms with Gasteiger partial charge in [0, 0.05) is 6.54 Å². The molecule has 0 saturated heterocycles. The first-order valence-corrected chi connectivity index (χ1v) is 4.64. The van der Waals surface area contributed by atoms with E-state index in [-0.39, 0.29) is 5.91 Å². The zero-order valence-corrected chi connectivity index (χ0v) is 8.32. The lowest BCUT2D eigenvalue weighted by Gasteiger charge is -2.12. The Balaban J connectivity index is 3.87. The van der Waals surface area contributed by atoms with Crippen LogP contribution >= 0.6 is 0 Å². The first kappa shape index (κ1) is 11.9. The Morgan fingerprint density at radius 3 is 2.54 bits per heavy atom. The lowest BCUT2D eigenvalue weighted by Crippen LogP contribution is -2.28. The Bertz CT molecular complexity index is 187. The average molecular weight is 183 g/mol. The Labute approximate surface area is 79.4 Å². The highest BCUT2D eigenvalue weighted by Crippen LogP contribution is 1.97. The molecule has 0 aromatic carbocycles. The maximum absolute atomic E-state index is 11.2. The Morgan fingerprint density at radius 2 is 2.08 bits per heavy atom. The van der Waals surface area contributed by atoms with E-state index in [1.54, 1.807) is 13.0 Å². The van der Waals surface area contributed by atoms with Crippen molar-refractivity contribution in [1.29, 1.82) is 0 Å². The van der Waals surface area contributed by atoms with E-state index in [2.05, 4.69) is 6.92 Å². The summed E-state index contributed by atoms with van der Waals surface area (Å²) in [6.07, 6.45) is 6.66. The van der Waals surface area contributed by atoms with Gasteiger partial charge >= 0.3 is 0 Å². The summed E-state index contributed by atoms with van der Waals surface area (Å²) in [6, 6.07) is 0. The number of carbonyl (C=O) groups is 2. The van der Waals surface area contributed by atoms with Crippen LogP contribution in [0.15, 0.2) is 12.2 Å². The highest BCUT2D eigenvalue weighted by Gasteiger charge is 2.07. The smallest absolute Gasteiger partial charge is 0.252 e. The van der Waals surface area contributed by atoms with Crippen LogP contribution in [0.25, 0.3) is 0 Å². The molecule has 0 heterocycles. The van der Waals surface area contributed by atoms with Gasteiger partial charge in [-0.15, -0.1) is 0 Å². The first-order valence-electron chi connectivity index (χ1n) is 4.64. The van der Waals surface area contributed by atoms with Gasteiger partial charge < -0.3 is 0 Å². The Kier molecular flexibility index (Phi) is 6.88. The molecule has 0 bridgehead atoms. The van der Waals surface area contributed by atoms with Crippen LogP contribution in [-0.4, -0.2) is 23.8 Å². The van der Waals surface area contributed by atoms with Crippen LogP contribution in [0.4, 0.5) is 0 Å². The minimum atomic E-state index is -0.228. The highest BCUT2D eigenvalue weighted by atomic mass is 16.2.